The van der Waals surface area contributed by atoms with Gasteiger partial charge in [-0.05, 0) is 31.2 Å². The molecular weight excluding hydrogens is 392 g/mol. The molecule has 158 valence electrons. The molecule has 1 aromatic heterocycles. The lowest BCUT2D eigenvalue weighted by atomic mass is 9.92. The Balaban J connectivity index is 1.97. The van der Waals surface area contributed by atoms with Gasteiger partial charge in [0.05, 0.1) is 31.0 Å². The molecule has 30 heavy (non-hydrogen) atoms. The van der Waals surface area contributed by atoms with Crippen molar-refractivity contribution in [2.24, 2.45) is 0 Å². The maximum Gasteiger partial charge on any atom is 0.197 e. The summed E-state index contributed by atoms with van der Waals surface area (Å²) in [5, 5.41) is 40.2. The standard InChI is InChI=1S/C22H22O8/c1-10-21(27)15(26)9-18(29-10)20-17(28-2)8-14(25)19-13(24)7-16(30-22(19)20)11-3-5-12(23)6-4-11/h3-8,10,15,18,21,23,25-27H,9H2,1-2H3/t10-,15+,18+,21-/m1/s1. The minimum Gasteiger partial charge on any atom is -0.508 e. The Labute approximate surface area is 171 Å². The molecule has 0 radical (unpaired) electrons. The maximum absolute atomic E-state index is 12.8. The molecule has 0 unspecified atom stereocenters. The molecule has 2 aromatic carbocycles. The number of aliphatic hydroxyl groups excluding tert-OH is 2. The first kappa shape index (κ1) is 20.2. The number of ether oxygens (including phenoxy) is 2. The van der Waals surface area contributed by atoms with Crippen LogP contribution in [0, 0.1) is 0 Å². The highest BCUT2D eigenvalue weighted by Crippen LogP contribution is 2.43. The van der Waals surface area contributed by atoms with Crippen molar-refractivity contribution in [3.8, 4) is 28.6 Å². The van der Waals surface area contributed by atoms with Gasteiger partial charge in [-0.2, -0.15) is 0 Å². The molecule has 1 aliphatic rings. The van der Waals surface area contributed by atoms with Gasteiger partial charge in [0.2, 0.25) is 0 Å². The van der Waals surface area contributed by atoms with Crippen LogP contribution in [-0.4, -0.2) is 45.8 Å². The number of hydrogen-bond acceptors (Lipinski definition) is 8. The van der Waals surface area contributed by atoms with Crippen molar-refractivity contribution in [1.82, 2.24) is 0 Å². The van der Waals surface area contributed by atoms with Gasteiger partial charge in [-0.15, -0.1) is 0 Å². The molecule has 8 nitrogen and oxygen atoms in total. The highest BCUT2D eigenvalue weighted by Gasteiger charge is 2.38. The fourth-order valence-corrected chi connectivity index (χ4v) is 3.81. The van der Waals surface area contributed by atoms with Crippen LogP contribution in [0.1, 0.15) is 25.0 Å². The summed E-state index contributed by atoms with van der Waals surface area (Å²) >= 11 is 0. The Morgan fingerprint density at radius 2 is 1.80 bits per heavy atom. The van der Waals surface area contributed by atoms with Crippen molar-refractivity contribution >= 4 is 11.0 Å². The summed E-state index contributed by atoms with van der Waals surface area (Å²) in [5.41, 5.74) is 0.516. The van der Waals surface area contributed by atoms with E-state index in [1.165, 1.54) is 31.4 Å². The first-order valence-electron chi connectivity index (χ1n) is 9.49. The zero-order valence-electron chi connectivity index (χ0n) is 16.4. The molecule has 4 rings (SSSR count). The van der Waals surface area contributed by atoms with Gasteiger partial charge < -0.3 is 34.3 Å². The summed E-state index contributed by atoms with van der Waals surface area (Å²) in [5.74, 6) is 0.220. The third-order valence-electron chi connectivity index (χ3n) is 5.39. The van der Waals surface area contributed by atoms with Crippen molar-refractivity contribution in [1.29, 1.82) is 0 Å². The number of phenolic OH excluding ortho intramolecular Hbond substituents is 2. The molecule has 1 saturated heterocycles. The summed E-state index contributed by atoms with van der Waals surface area (Å²) in [6.07, 6.45) is -3.45. The second-order valence-corrected chi connectivity index (χ2v) is 7.36. The fraction of sp³-hybridized carbons (Fsp3) is 0.318. The maximum atomic E-state index is 12.8. The molecular formula is C22H22O8. The second kappa shape index (κ2) is 7.64. The van der Waals surface area contributed by atoms with E-state index in [0.29, 0.717) is 11.1 Å². The quantitative estimate of drug-likeness (QED) is 0.514. The predicted molar refractivity (Wildman–Crippen MR) is 108 cm³/mol. The minimum absolute atomic E-state index is 0.0369. The molecule has 0 saturated carbocycles. The Bertz CT molecular complexity index is 1120. The lowest BCUT2D eigenvalue weighted by molar-refractivity contribution is -0.163. The molecule has 1 fully saturated rings. The third kappa shape index (κ3) is 3.39. The lowest BCUT2D eigenvalue weighted by Gasteiger charge is -2.36. The number of benzene rings is 2. The van der Waals surface area contributed by atoms with Crippen LogP contribution in [0.2, 0.25) is 0 Å². The SMILES string of the molecule is COc1cc(O)c2c(=O)cc(-c3ccc(O)cc3)oc2c1[C@@H]1C[C@H](O)[C@H](O)[C@@H](C)O1. The summed E-state index contributed by atoms with van der Waals surface area (Å²) in [7, 11) is 1.41. The largest absolute Gasteiger partial charge is 0.508 e. The van der Waals surface area contributed by atoms with E-state index in [2.05, 4.69) is 0 Å². The smallest absolute Gasteiger partial charge is 0.197 e. The Hall–Kier alpha value is -3.07. The van der Waals surface area contributed by atoms with Gasteiger partial charge in [-0.3, -0.25) is 4.79 Å². The van der Waals surface area contributed by atoms with Gasteiger partial charge >= 0.3 is 0 Å². The Morgan fingerprint density at radius 1 is 1.10 bits per heavy atom. The van der Waals surface area contributed by atoms with E-state index in [-0.39, 0.29) is 40.4 Å². The molecule has 2 heterocycles. The molecule has 4 atom stereocenters. The summed E-state index contributed by atoms with van der Waals surface area (Å²) in [6.45, 7) is 1.63. The van der Waals surface area contributed by atoms with Gasteiger partial charge in [-0.25, -0.2) is 0 Å². The van der Waals surface area contributed by atoms with Gasteiger partial charge in [0, 0.05) is 24.1 Å². The molecule has 0 bridgehead atoms. The third-order valence-corrected chi connectivity index (χ3v) is 5.39. The number of hydrogen-bond donors (Lipinski definition) is 4. The highest BCUT2D eigenvalue weighted by molar-refractivity contribution is 5.89. The van der Waals surface area contributed by atoms with E-state index in [1.54, 1.807) is 19.1 Å². The molecule has 8 heteroatoms. The average Bonchev–Trinajstić information content (AvgIpc) is 2.71. The Morgan fingerprint density at radius 3 is 2.43 bits per heavy atom. The molecule has 0 spiro atoms. The molecule has 3 aromatic rings. The summed E-state index contributed by atoms with van der Waals surface area (Å²) in [6, 6.07) is 8.69. The van der Waals surface area contributed by atoms with Crippen LogP contribution < -0.4 is 10.2 Å². The van der Waals surface area contributed by atoms with E-state index < -0.39 is 29.8 Å². The van der Waals surface area contributed by atoms with Crippen molar-refractivity contribution in [3.63, 3.8) is 0 Å². The topological polar surface area (TPSA) is 130 Å². The van der Waals surface area contributed by atoms with Crippen LogP contribution in [-0.2, 0) is 4.74 Å². The van der Waals surface area contributed by atoms with Crippen LogP contribution in [0.25, 0.3) is 22.3 Å². The zero-order valence-corrected chi connectivity index (χ0v) is 16.4. The zero-order chi connectivity index (χ0) is 21.6. The van der Waals surface area contributed by atoms with Crippen molar-refractivity contribution in [3.05, 3.63) is 52.2 Å². The Kier molecular flexibility index (Phi) is 5.15. The monoisotopic (exact) mass is 414 g/mol. The normalized spacial score (nSPS) is 24.1. The summed E-state index contributed by atoms with van der Waals surface area (Å²) < 4.78 is 17.3. The first-order chi connectivity index (χ1) is 14.3. The van der Waals surface area contributed by atoms with Crippen LogP contribution in [0.5, 0.6) is 17.2 Å². The van der Waals surface area contributed by atoms with Gasteiger partial charge in [-0.1, -0.05) is 0 Å². The number of methoxy groups -OCH3 is 1. The minimum atomic E-state index is -1.05. The van der Waals surface area contributed by atoms with E-state index in [0.717, 1.165) is 0 Å². The van der Waals surface area contributed by atoms with E-state index >= 15 is 0 Å². The van der Waals surface area contributed by atoms with Crippen LogP contribution in [0.15, 0.2) is 45.6 Å². The summed E-state index contributed by atoms with van der Waals surface area (Å²) in [4.78, 5) is 12.8. The molecule has 0 amide bonds. The number of fused-ring (bicyclic) bond motifs is 1. The first-order valence-corrected chi connectivity index (χ1v) is 9.49. The second-order valence-electron chi connectivity index (χ2n) is 7.36. The van der Waals surface area contributed by atoms with Crippen LogP contribution in [0.4, 0.5) is 0 Å². The van der Waals surface area contributed by atoms with Crippen molar-refractivity contribution in [2.75, 3.05) is 7.11 Å². The highest BCUT2D eigenvalue weighted by atomic mass is 16.5. The van der Waals surface area contributed by atoms with E-state index in [1.807, 2.05) is 0 Å². The number of rotatable bonds is 3. The lowest BCUT2D eigenvalue weighted by Crippen LogP contribution is -2.44. The fourth-order valence-electron chi connectivity index (χ4n) is 3.81. The molecule has 1 aliphatic heterocycles. The molecule has 0 aliphatic carbocycles. The van der Waals surface area contributed by atoms with Crippen LogP contribution >= 0.6 is 0 Å². The number of phenols is 2. The van der Waals surface area contributed by atoms with Crippen LogP contribution in [0.3, 0.4) is 0 Å². The van der Waals surface area contributed by atoms with Crippen molar-refractivity contribution in [2.45, 2.75) is 37.8 Å². The van der Waals surface area contributed by atoms with E-state index in [4.69, 9.17) is 13.9 Å². The number of aliphatic hydroxyl groups is 2. The van der Waals surface area contributed by atoms with Gasteiger partial charge in [0.25, 0.3) is 0 Å². The molecule has 4 N–H and O–H groups in total. The van der Waals surface area contributed by atoms with Gasteiger partial charge in [0.15, 0.2) is 11.0 Å². The van der Waals surface area contributed by atoms with E-state index in [9.17, 15) is 25.2 Å². The average molecular weight is 414 g/mol. The predicted octanol–water partition coefficient (Wildman–Crippen LogP) is 2.45. The van der Waals surface area contributed by atoms with Crippen molar-refractivity contribution < 1.29 is 34.3 Å². The number of aromatic hydroxyl groups is 2. The van der Waals surface area contributed by atoms with Gasteiger partial charge in [0.1, 0.15) is 34.5 Å².